The number of aromatic nitrogens is 1. The Hall–Kier alpha value is -1.01. The molecule has 1 aromatic heterocycles. The summed E-state index contributed by atoms with van der Waals surface area (Å²) in [5.41, 5.74) is -1.04. The number of aliphatic hydroxyl groups is 1. The molecule has 0 spiro atoms. The molecular weight excluding hydrogens is 350 g/mol. The van der Waals surface area contributed by atoms with Crippen molar-refractivity contribution in [2.45, 2.75) is 12.8 Å². The van der Waals surface area contributed by atoms with E-state index in [2.05, 4.69) is 4.98 Å². The molecule has 0 radical (unpaired) electrons. The lowest BCUT2D eigenvalue weighted by atomic mass is 10.1. The van der Waals surface area contributed by atoms with Crippen LogP contribution in [-0.4, -0.2) is 10.1 Å². The lowest BCUT2D eigenvalue weighted by Crippen LogP contribution is -2.10. The molecule has 2 aromatic rings. The van der Waals surface area contributed by atoms with E-state index < -0.39 is 18.5 Å². The topological polar surface area (TPSA) is 33.1 Å². The molecule has 21 heavy (non-hydrogen) atoms. The van der Waals surface area contributed by atoms with E-state index in [4.69, 9.17) is 34.8 Å². The normalized spacial score (nSPS) is 11.8. The van der Waals surface area contributed by atoms with E-state index in [0.717, 1.165) is 12.1 Å². The van der Waals surface area contributed by atoms with Gasteiger partial charge < -0.3 is 5.11 Å². The maximum atomic E-state index is 12.8. The zero-order valence-electron chi connectivity index (χ0n) is 10.2. The second kappa shape index (κ2) is 6.01. The monoisotopic (exact) mass is 355 g/mol. The number of rotatable bonds is 2. The Morgan fingerprint density at radius 1 is 1.00 bits per heavy atom. The lowest BCUT2D eigenvalue weighted by molar-refractivity contribution is -0.141. The minimum absolute atomic E-state index is 0.0225. The third kappa shape index (κ3) is 3.26. The van der Waals surface area contributed by atoms with Crippen LogP contribution in [0.5, 0.6) is 0 Å². The van der Waals surface area contributed by atoms with Gasteiger partial charge in [-0.05, 0) is 18.2 Å². The molecule has 1 heterocycles. The Kier molecular flexibility index (Phi) is 4.68. The summed E-state index contributed by atoms with van der Waals surface area (Å²) in [7, 11) is 0. The second-order valence-electron chi connectivity index (χ2n) is 4.08. The second-order valence-corrected chi connectivity index (χ2v) is 5.27. The summed E-state index contributed by atoms with van der Waals surface area (Å²) in [6.07, 6.45) is -4.62. The van der Waals surface area contributed by atoms with Gasteiger partial charge in [0.2, 0.25) is 0 Å². The first-order valence-corrected chi connectivity index (χ1v) is 6.71. The number of benzene rings is 1. The number of aliphatic hydroxyl groups excluding tert-OH is 1. The van der Waals surface area contributed by atoms with Crippen molar-refractivity contribution in [3.8, 4) is 11.3 Å². The fourth-order valence-electron chi connectivity index (χ4n) is 1.73. The molecule has 112 valence electrons. The van der Waals surface area contributed by atoms with Gasteiger partial charge in [-0.3, -0.25) is 0 Å². The summed E-state index contributed by atoms with van der Waals surface area (Å²) in [4.78, 5) is 3.54. The number of nitrogens with zero attached hydrogens (tertiary/aromatic N) is 1. The maximum Gasteiger partial charge on any atom is 0.433 e. The summed E-state index contributed by atoms with van der Waals surface area (Å²) >= 11 is 17.9. The first-order chi connectivity index (χ1) is 9.75. The van der Waals surface area contributed by atoms with Crippen LogP contribution < -0.4 is 0 Å². The van der Waals surface area contributed by atoms with Crippen molar-refractivity contribution in [2.24, 2.45) is 0 Å². The smallest absolute Gasteiger partial charge is 0.392 e. The molecule has 0 unspecified atom stereocenters. The van der Waals surface area contributed by atoms with Crippen LogP contribution in [-0.2, 0) is 12.8 Å². The molecule has 0 saturated heterocycles. The minimum atomic E-state index is -4.62. The highest BCUT2D eigenvalue weighted by Gasteiger charge is 2.33. The van der Waals surface area contributed by atoms with E-state index in [1.807, 2.05) is 0 Å². The van der Waals surface area contributed by atoms with E-state index in [1.165, 1.54) is 12.1 Å². The van der Waals surface area contributed by atoms with Gasteiger partial charge in [0.25, 0.3) is 0 Å². The maximum absolute atomic E-state index is 12.8. The summed E-state index contributed by atoms with van der Waals surface area (Å²) < 4.78 is 38.3. The van der Waals surface area contributed by atoms with Crippen molar-refractivity contribution in [2.75, 3.05) is 0 Å². The van der Waals surface area contributed by atoms with Crippen LogP contribution in [0.25, 0.3) is 11.3 Å². The van der Waals surface area contributed by atoms with E-state index in [0.29, 0.717) is 0 Å². The van der Waals surface area contributed by atoms with E-state index >= 15 is 0 Å². The van der Waals surface area contributed by atoms with Crippen LogP contribution in [0.1, 0.15) is 11.3 Å². The number of halogens is 6. The highest BCUT2D eigenvalue weighted by Crippen LogP contribution is 2.40. The van der Waals surface area contributed by atoms with Gasteiger partial charge in [-0.2, -0.15) is 13.2 Å². The molecule has 8 heteroatoms. The third-order valence-corrected chi connectivity index (χ3v) is 3.84. The summed E-state index contributed by atoms with van der Waals surface area (Å²) in [5.74, 6) is 0. The fraction of sp³-hybridized carbons (Fsp3) is 0.154. The van der Waals surface area contributed by atoms with Crippen molar-refractivity contribution < 1.29 is 18.3 Å². The average Bonchev–Trinajstić information content (AvgIpc) is 2.42. The largest absolute Gasteiger partial charge is 0.433 e. The highest BCUT2D eigenvalue weighted by molar-refractivity contribution is 6.46. The summed E-state index contributed by atoms with van der Waals surface area (Å²) in [5, 5.41) is 9.47. The molecule has 2 rings (SSSR count). The highest BCUT2D eigenvalue weighted by atomic mass is 35.5. The van der Waals surface area contributed by atoms with Crippen LogP contribution in [0.3, 0.4) is 0 Å². The van der Waals surface area contributed by atoms with Crippen molar-refractivity contribution in [3.63, 3.8) is 0 Å². The Morgan fingerprint density at radius 3 is 2.19 bits per heavy atom. The third-order valence-electron chi connectivity index (χ3n) is 2.72. The number of alkyl halides is 3. The van der Waals surface area contributed by atoms with Crippen LogP contribution in [0.4, 0.5) is 13.2 Å². The van der Waals surface area contributed by atoms with Gasteiger partial charge in [-0.15, -0.1) is 0 Å². The van der Waals surface area contributed by atoms with Crippen LogP contribution in [0.2, 0.25) is 15.1 Å². The van der Waals surface area contributed by atoms with Gasteiger partial charge >= 0.3 is 6.18 Å². The molecule has 2 nitrogen and oxygen atoms in total. The molecule has 0 amide bonds. The first-order valence-electron chi connectivity index (χ1n) is 5.57. The van der Waals surface area contributed by atoms with Crippen molar-refractivity contribution in [1.29, 1.82) is 0 Å². The molecular formula is C13H7Cl3F3NO. The predicted octanol–water partition coefficient (Wildman–Crippen LogP) is 5.22. The van der Waals surface area contributed by atoms with Gasteiger partial charge in [0.1, 0.15) is 5.69 Å². The van der Waals surface area contributed by atoms with Crippen molar-refractivity contribution in [1.82, 2.24) is 4.98 Å². The molecule has 1 aromatic carbocycles. The molecule has 0 bridgehead atoms. The lowest BCUT2D eigenvalue weighted by Gasteiger charge is -2.14. The van der Waals surface area contributed by atoms with Gasteiger partial charge in [0.05, 0.1) is 27.4 Å². The molecule has 1 N–H and O–H groups in total. The predicted molar refractivity (Wildman–Crippen MR) is 75.6 cm³/mol. The Bertz CT molecular complexity index is 689. The Morgan fingerprint density at radius 2 is 1.62 bits per heavy atom. The molecule has 0 aliphatic heterocycles. The summed E-state index contributed by atoms with van der Waals surface area (Å²) in [6, 6.07) is 4.72. The fourth-order valence-corrected chi connectivity index (χ4v) is 2.44. The van der Waals surface area contributed by atoms with Crippen LogP contribution in [0, 0.1) is 0 Å². The standard InChI is InChI=1S/C13H7Cl3F3NO/c14-7-2-3-8(15)11(16)10(7)12-6(5-21)1-4-9(20-12)13(17,18)19/h1-4,21H,5H2. The van der Waals surface area contributed by atoms with Crippen molar-refractivity contribution >= 4 is 34.8 Å². The SMILES string of the molecule is OCc1ccc(C(F)(F)F)nc1-c1c(Cl)ccc(Cl)c1Cl. The van der Waals surface area contributed by atoms with E-state index in [9.17, 15) is 18.3 Å². The van der Waals surface area contributed by atoms with E-state index in [-0.39, 0.29) is 31.9 Å². The van der Waals surface area contributed by atoms with Gasteiger partial charge in [-0.25, -0.2) is 4.98 Å². The van der Waals surface area contributed by atoms with Crippen molar-refractivity contribution in [3.05, 3.63) is 50.6 Å². The van der Waals surface area contributed by atoms with Crippen LogP contribution in [0.15, 0.2) is 24.3 Å². The zero-order chi connectivity index (χ0) is 15.8. The molecule has 0 fully saturated rings. The van der Waals surface area contributed by atoms with Gasteiger partial charge in [-0.1, -0.05) is 40.9 Å². The van der Waals surface area contributed by atoms with Gasteiger partial charge in [0, 0.05) is 11.1 Å². The molecule has 0 atom stereocenters. The average molecular weight is 357 g/mol. The molecule has 0 aliphatic rings. The number of hydrogen-bond acceptors (Lipinski definition) is 2. The van der Waals surface area contributed by atoms with Gasteiger partial charge in [0.15, 0.2) is 0 Å². The first kappa shape index (κ1) is 16.4. The summed E-state index contributed by atoms with van der Waals surface area (Å²) in [6.45, 7) is -0.514. The van der Waals surface area contributed by atoms with E-state index in [1.54, 1.807) is 0 Å². The number of hydrogen-bond donors (Lipinski definition) is 1. The number of pyridine rings is 1. The Labute approximate surface area is 133 Å². The molecule has 0 aliphatic carbocycles. The minimum Gasteiger partial charge on any atom is -0.392 e. The quantitative estimate of drug-likeness (QED) is 0.748. The molecule has 0 saturated carbocycles. The Balaban J connectivity index is 2.76. The van der Waals surface area contributed by atoms with Crippen LogP contribution >= 0.6 is 34.8 Å². The zero-order valence-corrected chi connectivity index (χ0v) is 12.4.